The highest BCUT2D eigenvalue weighted by molar-refractivity contribution is 5.54. The van der Waals surface area contributed by atoms with Crippen molar-refractivity contribution in [3.8, 4) is 0 Å². The van der Waals surface area contributed by atoms with Gasteiger partial charge in [-0.25, -0.2) is 0 Å². The average molecular weight is 229 g/mol. The van der Waals surface area contributed by atoms with Crippen LogP contribution in [0.1, 0.15) is 40.5 Å². The van der Waals surface area contributed by atoms with Gasteiger partial charge in [0.15, 0.2) is 0 Å². The van der Waals surface area contributed by atoms with Gasteiger partial charge in [0.25, 0.3) is 0 Å². The van der Waals surface area contributed by atoms with Gasteiger partial charge in [0, 0.05) is 17.0 Å². The smallest absolute Gasteiger partial charge is 0.125 e. The molecule has 0 spiro atoms. The Balaban J connectivity index is 2.90. The molecule has 94 valence electrons. The molecular formula is C12H23NO3. The number of aliphatic hydroxyl groups excluding tert-OH is 1. The molecule has 0 saturated carbocycles. The molecule has 1 unspecified atom stereocenters. The fourth-order valence-corrected chi connectivity index (χ4v) is 2.95. The van der Waals surface area contributed by atoms with E-state index in [2.05, 4.69) is 0 Å². The molecule has 1 rings (SSSR count). The minimum absolute atomic E-state index is 0.105. The summed E-state index contributed by atoms with van der Waals surface area (Å²) in [5, 5.41) is 20.7. The number of rotatable bonds is 3. The van der Waals surface area contributed by atoms with Crippen LogP contribution in [-0.4, -0.2) is 39.3 Å². The van der Waals surface area contributed by atoms with Crippen LogP contribution >= 0.6 is 0 Å². The number of hydroxylamine groups is 2. The van der Waals surface area contributed by atoms with Crippen LogP contribution < -0.4 is 0 Å². The van der Waals surface area contributed by atoms with Gasteiger partial charge in [-0.3, -0.25) is 0 Å². The molecule has 1 saturated heterocycles. The van der Waals surface area contributed by atoms with Crippen molar-refractivity contribution < 1.29 is 15.1 Å². The summed E-state index contributed by atoms with van der Waals surface area (Å²) in [6, 6.07) is 0. The fourth-order valence-electron chi connectivity index (χ4n) is 2.95. The van der Waals surface area contributed by atoms with E-state index >= 15 is 0 Å². The largest absolute Gasteiger partial charge is 0.396 e. The summed E-state index contributed by atoms with van der Waals surface area (Å²) in [6.07, 6.45) is 2.28. The van der Waals surface area contributed by atoms with Crippen molar-refractivity contribution in [3.63, 3.8) is 0 Å². The van der Waals surface area contributed by atoms with Gasteiger partial charge < -0.3 is 15.1 Å². The Morgan fingerprint density at radius 1 is 1.31 bits per heavy atom. The average Bonchev–Trinajstić information content (AvgIpc) is 2.15. The van der Waals surface area contributed by atoms with Crippen LogP contribution in [0.2, 0.25) is 0 Å². The summed E-state index contributed by atoms with van der Waals surface area (Å²) in [6.45, 7) is 7.73. The molecule has 0 radical (unpaired) electrons. The molecule has 4 heteroatoms. The zero-order valence-corrected chi connectivity index (χ0v) is 10.6. The van der Waals surface area contributed by atoms with Crippen molar-refractivity contribution in [2.24, 2.45) is 11.8 Å². The molecule has 0 aromatic carbocycles. The molecule has 4 nitrogen and oxygen atoms in total. The molecule has 16 heavy (non-hydrogen) atoms. The van der Waals surface area contributed by atoms with Gasteiger partial charge in [-0.05, 0) is 46.5 Å². The Labute approximate surface area is 97.2 Å². The molecule has 1 fully saturated rings. The number of nitrogens with zero attached hydrogens (tertiary/aromatic N) is 1. The van der Waals surface area contributed by atoms with E-state index in [0.29, 0.717) is 0 Å². The van der Waals surface area contributed by atoms with Gasteiger partial charge in [-0.2, -0.15) is 5.06 Å². The molecule has 2 N–H and O–H groups in total. The molecule has 1 aliphatic rings. The highest BCUT2D eigenvalue weighted by Crippen LogP contribution is 2.42. The first-order valence-electron chi connectivity index (χ1n) is 5.80. The molecule has 0 aromatic heterocycles. The van der Waals surface area contributed by atoms with E-state index in [1.807, 2.05) is 27.7 Å². The van der Waals surface area contributed by atoms with E-state index in [9.17, 15) is 15.1 Å². The van der Waals surface area contributed by atoms with E-state index < -0.39 is 0 Å². The summed E-state index contributed by atoms with van der Waals surface area (Å²) >= 11 is 0. The van der Waals surface area contributed by atoms with Gasteiger partial charge in [-0.1, -0.05) is 0 Å². The standard InChI is InChI=1S/C12H23NO3/c1-11(2)5-9(10(7-14)8-15)6-12(3,4)13(11)16/h7,9-10,15-16H,5-6,8H2,1-4H3. The molecule has 0 amide bonds. The maximum atomic E-state index is 10.9. The van der Waals surface area contributed by atoms with E-state index in [1.54, 1.807) is 0 Å². The minimum Gasteiger partial charge on any atom is -0.396 e. The van der Waals surface area contributed by atoms with Crippen molar-refractivity contribution in [2.75, 3.05) is 6.61 Å². The monoisotopic (exact) mass is 229 g/mol. The normalized spacial score (nSPS) is 27.6. The fraction of sp³-hybridized carbons (Fsp3) is 0.917. The quantitative estimate of drug-likeness (QED) is 0.719. The predicted molar refractivity (Wildman–Crippen MR) is 61.1 cm³/mol. The summed E-state index contributed by atoms with van der Waals surface area (Å²) in [5.74, 6) is -0.178. The van der Waals surface area contributed by atoms with Crippen LogP contribution in [0.25, 0.3) is 0 Å². The second kappa shape index (κ2) is 4.43. The molecule has 1 atom stereocenters. The topological polar surface area (TPSA) is 60.8 Å². The van der Waals surface area contributed by atoms with Gasteiger partial charge in [-0.15, -0.1) is 0 Å². The van der Waals surface area contributed by atoms with Crippen molar-refractivity contribution in [1.29, 1.82) is 0 Å². The molecule has 1 aliphatic heterocycles. The zero-order chi connectivity index (χ0) is 12.6. The van der Waals surface area contributed by atoms with Gasteiger partial charge in [0.05, 0.1) is 6.61 Å². The first-order valence-corrected chi connectivity index (χ1v) is 5.80. The summed E-state index contributed by atoms with van der Waals surface area (Å²) in [4.78, 5) is 10.9. The van der Waals surface area contributed by atoms with E-state index in [-0.39, 0.29) is 29.5 Å². The third-order valence-electron chi connectivity index (χ3n) is 3.66. The highest BCUT2D eigenvalue weighted by atomic mass is 16.5. The molecule has 0 aliphatic carbocycles. The Morgan fingerprint density at radius 3 is 2.06 bits per heavy atom. The number of carbonyl (C=O) groups is 1. The first kappa shape index (κ1) is 13.6. The lowest BCUT2D eigenvalue weighted by atomic mass is 9.71. The summed E-state index contributed by atoms with van der Waals surface area (Å²) < 4.78 is 0. The van der Waals surface area contributed by atoms with Gasteiger partial charge in [0.2, 0.25) is 0 Å². The Morgan fingerprint density at radius 2 is 1.75 bits per heavy atom. The SMILES string of the molecule is CC1(C)CC(C(C=O)CO)CC(C)(C)N1O. The van der Waals surface area contributed by atoms with Crippen LogP contribution in [0.4, 0.5) is 0 Å². The first-order chi connectivity index (χ1) is 7.24. The van der Waals surface area contributed by atoms with Gasteiger partial charge >= 0.3 is 0 Å². The van der Waals surface area contributed by atoms with Crippen LogP contribution in [0.3, 0.4) is 0 Å². The van der Waals surface area contributed by atoms with Crippen molar-refractivity contribution in [3.05, 3.63) is 0 Å². The van der Waals surface area contributed by atoms with E-state index in [4.69, 9.17) is 0 Å². The molecule has 0 bridgehead atoms. The lowest BCUT2D eigenvalue weighted by molar-refractivity contribution is -0.253. The van der Waals surface area contributed by atoms with Crippen molar-refractivity contribution in [1.82, 2.24) is 5.06 Å². The summed E-state index contributed by atoms with van der Waals surface area (Å²) in [7, 11) is 0. The number of carbonyl (C=O) groups excluding carboxylic acids is 1. The third kappa shape index (κ3) is 2.44. The van der Waals surface area contributed by atoms with Crippen molar-refractivity contribution >= 4 is 6.29 Å². The lowest BCUT2D eigenvalue weighted by Gasteiger charge is -2.52. The second-order valence-corrected chi connectivity index (χ2v) is 6.09. The number of aldehydes is 1. The minimum atomic E-state index is -0.358. The van der Waals surface area contributed by atoms with Crippen molar-refractivity contribution in [2.45, 2.75) is 51.6 Å². The summed E-state index contributed by atoms with van der Waals surface area (Å²) in [5.41, 5.74) is -0.717. The predicted octanol–water partition coefficient (Wildman–Crippen LogP) is 1.45. The van der Waals surface area contributed by atoms with E-state index in [1.165, 1.54) is 5.06 Å². The lowest BCUT2D eigenvalue weighted by Crippen LogP contribution is -2.60. The van der Waals surface area contributed by atoms with Crippen LogP contribution in [0.15, 0.2) is 0 Å². The molecule has 1 heterocycles. The molecule has 0 aromatic rings. The van der Waals surface area contributed by atoms with Gasteiger partial charge in [0.1, 0.15) is 6.29 Å². The highest BCUT2D eigenvalue weighted by Gasteiger charge is 2.46. The Bertz CT molecular complexity index is 245. The number of hydrogen-bond acceptors (Lipinski definition) is 4. The Hall–Kier alpha value is -0.450. The number of hydrogen-bond donors (Lipinski definition) is 2. The maximum absolute atomic E-state index is 10.9. The number of piperidine rings is 1. The molecular weight excluding hydrogens is 206 g/mol. The van der Waals surface area contributed by atoms with Crippen LogP contribution in [0, 0.1) is 11.8 Å². The zero-order valence-electron chi connectivity index (χ0n) is 10.6. The third-order valence-corrected chi connectivity index (χ3v) is 3.66. The van der Waals surface area contributed by atoms with Crippen LogP contribution in [-0.2, 0) is 4.79 Å². The van der Waals surface area contributed by atoms with E-state index in [0.717, 1.165) is 19.1 Å². The second-order valence-electron chi connectivity index (χ2n) is 6.09. The number of aliphatic hydroxyl groups is 1. The Kier molecular flexibility index (Phi) is 3.77. The maximum Gasteiger partial charge on any atom is 0.125 e. The van der Waals surface area contributed by atoms with Crippen LogP contribution in [0.5, 0.6) is 0 Å².